The molecule has 0 fully saturated rings. The highest BCUT2D eigenvalue weighted by Gasteiger charge is 2.20. The molecule has 0 atom stereocenters. The fourth-order valence-corrected chi connectivity index (χ4v) is 3.37. The smallest absolute Gasteiger partial charge is 0.336 e. The number of aryl methyl sites for hydroxylation is 1. The highest BCUT2D eigenvalue weighted by Crippen LogP contribution is 2.25. The lowest BCUT2D eigenvalue weighted by molar-refractivity contribution is 0.0696. The first-order valence-corrected chi connectivity index (χ1v) is 7.88. The summed E-state index contributed by atoms with van der Waals surface area (Å²) in [5.74, 6) is -1.93. The summed E-state index contributed by atoms with van der Waals surface area (Å²) in [6.45, 7) is 1.59. The Bertz CT molecular complexity index is 852. The van der Waals surface area contributed by atoms with Gasteiger partial charge < -0.3 is 5.11 Å². The SMILES string of the molecule is Cc1ccc(NS(=O)(=O)c2cc(F)ccc2Cl)cc1C(=O)O. The minimum absolute atomic E-state index is 0.0365. The first-order valence-electron chi connectivity index (χ1n) is 6.02. The number of benzene rings is 2. The summed E-state index contributed by atoms with van der Waals surface area (Å²) in [5.41, 5.74) is 0.494. The van der Waals surface area contributed by atoms with Gasteiger partial charge in [0.2, 0.25) is 0 Å². The van der Waals surface area contributed by atoms with E-state index in [2.05, 4.69) is 4.72 Å². The molecule has 5 nitrogen and oxygen atoms in total. The van der Waals surface area contributed by atoms with Gasteiger partial charge in [-0.3, -0.25) is 4.72 Å². The first-order chi connectivity index (χ1) is 10.2. The van der Waals surface area contributed by atoms with Crippen molar-refractivity contribution in [2.24, 2.45) is 0 Å². The summed E-state index contributed by atoms with van der Waals surface area (Å²) in [5, 5.41) is 8.90. The number of carboxylic acid groups (broad SMARTS) is 1. The molecule has 0 aliphatic heterocycles. The Morgan fingerprint density at radius 3 is 2.55 bits per heavy atom. The van der Waals surface area contributed by atoms with E-state index in [4.69, 9.17) is 16.7 Å². The third kappa shape index (κ3) is 3.37. The lowest BCUT2D eigenvalue weighted by Gasteiger charge is -2.11. The molecular formula is C14H11ClFNO4S. The van der Waals surface area contributed by atoms with Gasteiger partial charge in [0.15, 0.2) is 0 Å². The van der Waals surface area contributed by atoms with E-state index in [9.17, 15) is 17.6 Å². The fraction of sp³-hybridized carbons (Fsp3) is 0.0714. The average molecular weight is 344 g/mol. The number of sulfonamides is 1. The van der Waals surface area contributed by atoms with Crippen molar-refractivity contribution in [3.63, 3.8) is 0 Å². The lowest BCUT2D eigenvalue weighted by Crippen LogP contribution is -2.14. The van der Waals surface area contributed by atoms with Crippen LogP contribution in [0.3, 0.4) is 0 Å². The monoisotopic (exact) mass is 343 g/mol. The number of aromatic carboxylic acids is 1. The van der Waals surface area contributed by atoms with Crippen molar-refractivity contribution >= 4 is 33.3 Å². The zero-order chi connectivity index (χ0) is 16.5. The average Bonchev–Trinajstić information content (AvgIpc) is 2.43. The summed E-state index contributed by atoms with van der Waals surface area (Å²) >= 11 is 5.77. The molecule has 22 heavy (non-hydrogen) atoms. The van der Waals surface area contributed by atoms with Crippen LogP contribution in [0.2, 0.25) is 5.02 Å². The Hall–Kier alpha value is -2.12. The van der Waals surface area contributed by atoms with Gasteiger partial charge in [0.05, 0.1) is 10.6 Å². The van der Waals surface area contributed by atoms with Gasteiger partial charge in [0.1, 0.15) is 10.7 Å². The van der Waals surface area contributed by atoms with E-state index < -0.39 is 26.7 Å². The first kappa shape index (κ1) is 16.3. The van der Waals surface area contributed by atoms with Crippen LogP contribution in [0, 0.1) is 12.7 Å². The Morgan fingerprint density at radius 1 is 1.23 bits per heavy atom. The maximum Gasteiger partial charge on any atom is 0.336 e. The van der Waals surface area contributed by atoms with Crippen LogP contribution in [-0.2, 0) is 10.0 Å². The number of anilines is 1. The van der Waals surface area contributed by atoms with Crippen LogP contribution >= 0.6 is 11.6 Å². The third-order valence-electron chi connectivity index (χ3n) is 2.90. The lowest BCUT2D eigenvalue weighted by atomic mass is 10.1. The van der Waals surface area contributed by atoms with Gasteiger partial charge in [0, 0.05) is 5.69 Å². The van der Waals surface area contributed by atoms with E-state index in [1.807, 2.05) is 0 Å². The number of rotatable bonds is 4. The normalized spacial score (nSPS) is 11.2. The fourth-order valence-electron chi connectivity index (χ4n) is 1.81. The Kier molecular flexibility index (Phi) is 4.39. The van der Waals surface area contributed by atoms with E-state index in [-0.39, 0.29) is 16.3 Å². The Balaban J connectivity index is 2.43. The standard InChI is InChI=1S/C14H11ClFNO4S/c1-8-2-4-10(7-11(8)14(18)19)17-22(20,21)13-6-9(16)3-5-12(13)15/h2-7,17H,1H3,(H,18,19). The van der Waals surface area contributed by atoms with Gasteiger partial charge in [-0.25, -0.2) is 17.6 Å². The molecule has 116 valence electrons. The summed E-state index contributed by atoms with van der Waals surface area (Å²) in [6.07, 6.45) is 0. The quantitative estimate of drug-likeness (QED) is 0.892. The predicted octanol–water partition coefficient (Wildman–Crippen LogP) is 3.29. The molecule has 0 unspecified atom stereocenters. The van der Waals surface area contributed by atoms with Crippen LogP contribution in [0.25, 0.3) is 0 Å². The highest BCUT2D eigenvalue weighted by atomic mass is 35.5. The molecule has 0 amide bonds. The van der Waals surface area contributed by atoms with Crippen molar-refractivity contribution in [2.75, 3.05) is 4.72 Å². The van der Waals surface area contributed by atoms with E-state index in [0.29, 0.717) is 5.56 Å². The molecule has 0 aliphatic rings. The van der Waals surface area contributed by atoms with Crippen molar-refractivity contribution in [3.05, 3.63) is 58.4 Å². The molecule has 0 bridgehead atoms. The second-order valence-electron chi connectivity index (χ2n) is 4.52. The van der Waals surface area contributed by atoms with E-state index in [0.717, 1.165) is 18.2 Å². The molecule has 2 aromatic rings. The van der Waals surface area contributed by atoms with Crippen molar-refractivity contribution in [1.82, 2.24) is 0 Å². The van der Waals surface area contributed by atoms with Crippen molar-refractivity contribution in [2.45, 2.75) is 11.8 Å². The molecule has 0 aromatic heterocycles. The molecule has 2 rings (SSSR count). The minimum atomic E-state index is -4.14. The number of carboxylic acids is 1. The summed E-state index contributed by atoms with van der Waals surface area (Å²) in [4.78, 5) is 10.6. The minimum Gasteiger partial charge on any atom is -0.478 e. The van der Waals surface area contributed by atoms with E-state index in [1.165, 1.54) is 18.2 Å². The molecule has 0 aliphatic carbocycles. The molecule has 0 saturated heterocycles. The molecule has 2 N–H and O–H groups in total. The van der Waals surface area contributed by atoms with Gasteiger partial charge in [-0.15, -0.1) is 0 Å². The van der Waals surface area contributed by atoms with Crippen LogP contribution < -0.4 is 4.72 Å². The summed E-state index contributed by atoms with van der Waals surface area (Å²) < 4.78 is 39.9. The van der Waals surface area contributed by atoms with Crippen LogP contribution in [0.4, 0.5) is 10.1 Å². The van der Waals surface area contributed by atoms with Crippen LogP contribution in [-0.4, -0.2) is 19.5 Å². The molecule has 2 aromatic carbocycles. The summed E-state index contributed by atoms with van der Waals surface area (Å²) in [7, 11) is -4.14. The molecular weight excluding hydrogens is 333 g/mol. The Labute approximate surface area is 131 Å². The number of carbonyl (C=O) groups is 1. The zero-order valence-electron chi connectivity index (χ0n) is 11.3. The van der Waals surface area contributed by atoms with E-state index >= 15 is 0 Å². The molecule has 0 radical (unpaired) electrons. The van der Waals surface area contributed by atoms with Crippen LogP contribution in [0.5, 0.6) is 0 Å². The van der Waals surface area contributed by atoms with Gasteiger partial charge in [0.25, 0.3) is 10.0 Å². The molecule has 0 heterocycles. The third-order valence-corrected chi connectivity index (χ3v) is 4.77. The zero-order valence-corrected chi connectivity index (χ0v) is 12.9. The largest absolute Gasteiger partial charge is 0.478 e. The van der Waals surface area contributed by atoms with Crippen molar-refractivity contribution in [3.8, 4) is 0 Å². The van der Waals surface area contributed by atoms with Crippen molar-refractivity contribution < 1.29 is 22.7 Å². The maximum atomic E-state index is 13.2. The Morgan fingerprint density at radius 2 is 1.91 bits per heavy atom. The van der Waals surface area contributed by atoms with Crippen molar-refractivity contribution in [1.29, 1.82) is 0 Å². The van der Waals surface area contributed by atoms with Gasteiger partial charge in [-0.1, -0.05) is 17.7 Å². The van der Waals surface area contributed by atoms with E-state index in [1.54, 1.807) is 6.92 Å². The number of hydrogen-bond acceptors (Lipinski definition) is 3. The second kappa shape index (κ2) is 5.94. The molecule has 0 saturated carbocycles. The number of nitrogens with one attached hydrogen (secondary N) is 1. The van der Waals surface area contributed by atoms with Gasteiger partial charge in [-0.05, 0) is 42.8 Å². The van der Waals surface area contributed by atoms with Gasteiger partial charge >= 0.3 is 5.97 Å². The number of hydrogen-bond donors (Lipinski definition) is 2. The molecule has 8 heteroatoms. The van der Waals surface area contributed by atoms with Crippen LogP contribution in [0.15, 0.2) is 41.3 Å². The topological polar surface area (TPSA) is 83.5 Å². The second-order valence-corrected chi connectivity index (χ2v) is 6.57. The number of halogens is 2. The molecule has 0 spiro atoms. The van der Waals surface area contributed by atoms with Gasteiger partial charge in [-0.2, -0.15) is 0 Å². The maximum absolute atomic E-state index is 13.2. The summed E-state index contributed by atoms with van der Waals surface area (Å²) in [6, 6.07) is 7.01. The van der Waals surface area contributed by atoms with Crippen LogP contribution in [0.1, 0.15) is 15.9 Å². The highest BCUT2D eigenvalue weighted by molar-refractivity contribution is 7.92. The predicted molar refractivity (Wildman–Crippen MR) is 80.4 cm³/mol.